The summed E-state index contributed by atoms with van der Waals surface area (Å²) >= 11 is 7.54. The summed E-state index contributed by atoms with van der Waals surface area (Å²) in [5.74, 6) is 0. The zero-order valence-electron chi connectivity index (χ0n) is 10.8. The van der Waals surface area contributed by atoms with Gasteiger partial charge in [0.15, 0.2) is 0 Å². The van der Waals surface area contributed by atoms with Crippen LogP contribution in [0.1, 0.15) is 4.88 Å². The van der Waals surface area contributed by atoms with Crippen LogP contribution in [-0.4, -0.2) is 11.5 Å². The van der Waals surface area contributed by atoms with Crippen LogP contribution in [0.4, 0.5) is 11.4 Å². The zero-order valence-corrected chi connectivity index (χ0v) is 12.3. The van der Waals surface area contributed by atoms with E-state index in [1.54, 1.807) is 17.5 Å². The molecule has 3 nitrogen and oxygen atoms in total. The van der Waals surface area contributed by atoms with Crippen LogP contribution >= 0.6 is 22.9 Å². The van der Waals surface area contributed by atoms with E-state index in [1.807, 2.05) is 30.3 Å². The minimum atomic E-state index is 0.753. The number of rotatable bonds is 4. The first-order valence-electron chi connectivity index (χ1n) is 6.35. The van der Waals surface area contributed by atoms with Gasteiger partial charge in [0.25, 0.3) is 0 Å². The van der Waals surface area contributed by atoms with Crippen molar-refractivity contribution in [2.75, 3.05) is 17.6 Å². The topological polar surface area (TPSA) is 50.9 Å². The second kappa shape index (κ2) is 5.69. The number of fused-ring (bicyclic) bond motifs is 1. The number of thiophene rings is 1. The molecule has 0 bridgehead atoms. The Morgan fingerprint density at radius 1 is 1.20 bits per heavy atom. The molecule has 0 amide bonds. The molecule has 0 saturated heterocycles. The van der Waals surface area contributed by atoms with Crippen molar-refractivity contribution >= 4 is 45.2 Å². The second-order valence-corrected chi connectivity index (χ2v) is 6.28. The Balaban J connectivity index is 1.76. The van der Waals surface area contributed by atoms with Crippen LogP contribution in [0.2, 0.25) is 4.34 Å². The van der Waals surface area contributed by atoms with Gasteiger partial charge in [-0.1, -0.05) is 11.6 Å². The van der Waals surface area contributed by atoms with Crippen molar-refractivity contribution in [1.82, 2.24) is 4.98 Å². The third kappa shape index (κ3) is 2.71. The maximum absolute atomic E-state index is 5.97. The minimum absolute atomic E-state index is 0.753. The van der Waals surface area contributed by atoms with Gasteiger partial charge in [-0.25, -0.2) is 0 Å². The molecule has 0 aliphatic carbocycles. The number of anilines is 2. The summed E-state index contributed by atoms with van der Waals surface area (Å²) < 4.78 is 0.833. The highest BCUT2D eigenvalue weighted by atomic mass is 35.5. The Labute approximate surface area is 126 Å². The zero-order chi connectivity index (χ0) is 13.9. The Bertz CT molecular complexity index is 739. The summed E-state index contributed by atoms with van der Waals surface area (Å²) in [6, 6.07) is 11.8. The summed E-state index contributed by atoms with van der Waals surface area (Å²) in [7, 11) is 0. The van der Waals surface area contributed by atoms with Crippen molar-refractivity contribution in [3.63, 3.8) is 0 Å². The normalized spacial score (nSPS) is 10.8. The van der Waals surface area contributed by atoms with Gasteiger partial charge in [-0.3, -0.25) is 4.98 Å². The summed E-state index contributed by atoms with van der Waals surface area (Å²) in [5, 5.41) is 4.40. The molecular weight excluding hydrogens is 290 g/mol. The molecule has 0 aliphatic rings. The van der Waals surface area contributed by atoms with Crippen LogP contribution in [0.5, 0.6) is 0 Å². The Kier molecular flexibility index (Phi) is 3.76. The predicted octanol–water partition coefficient (Wildman–Crippen LogP) is 4.19. The SMILES string of the molecule is Nc1ccc(NCCc2ccc(Cl)s2)c2ncccc12. The number of nitrogens with zero attached hydrogens (tertiary/aromatic N) is 1. The Hall–Kier alpha value is -1.78. The fourth-order valence-corrected chi connectivity index (χ4v) is 3.23. The lowest BCUT2D eigenvalue weighted by atomic mass is 10.1. The average Bonchev–Trinajstić information content (AvgIpc) is 2.87. The third-order valence-electron chi connectivity index (χ3n) is 3.12. The fraction of sp³-hybridized carbons (Fsp3) is 0.133. The molecule has 0 fully saturated rings. The molecule has 0 saturated carbocycles. The van der Waals surface area contributed by atoms with Crippen molar-refractivity contribution in [2.45, 2.75) is 6.42 Å². The number of hydrogen-bond donors (Lipinski definition) is 2. The lowest BCUT2D eigenvalue weighted by molar-refractivity contribution is 1.05. The molecule has 1 aromatic carbocycles. The van der Waals surface area contributed by atoms with Gasteiger partial charge in [0, 0.05) is 28.7 Å². The number of halogens is 1. The van der Waals surface area contributed by atoms with Gasteiger partial charge in [-0.15, -0.1) is 11.3 Å². The molecule has 0 spiro atoms. The molecule has 3 N–H and O–H groups in total. The van der Waals surface area contributed by atoms with Crippen molar-refractivity contribution in [2.24, 2.45) is 0 Å². The quantitative estimate of drug-likeness (QED) is 0.711. The third-order valence-corrected chi connectivity index (χ3v) is 4.41. The van der Waals surface area contributed by atoms with Crippen molar-refractivity contribution in [1.29, 1.82) is 0 Å². The number of nitrogens with one attached hydrogen (secondary N) is 1. The van der Waals surface area contributed by atoms with E-state index < -0.39 is 0 Å². The van der Waals surface area contributed by atoms with E-state index in [0.717, 1.165) is 39.6 Å². The van der Waals surface area contributed by atoms with E-state index in [-0.39, 0.29) is 0 Å². The van der Waals surface area contributed by atoms with Gasteiger partial charge >= 0.3 is 0 Å². The first kappa shape index (κ1) is 13.2. The summed E-state index contributed by atoms with van der Waals surface area (Å²) in [5.41, 5.74) is 8.65. The van der Waals surface area contributed by atoms with E-state index in [1.165, 1.54) is 4.88 Å². The molecule has 0 radical (unpaired) electrons. The summed E-state index contributed by atoms with van der Waals surface area (Å²) in [6.45, 7) is 0.840. The largest absolute Gasteiger partial charge is 0.398 e. The van der Waals surface area contributed by atoms with Gasteiger partial charge in [0.2, 0.25) is 0 Å². The molecule has 3 rings (SSSR count). The van der Waals surface area contributed by atoms with E-state index >= 15 is 0 Å². The number of nitrogens with two attached hydrogens (primary N) is 1. The van der Waals surface area contributed by atoms with Gasteiger partial charge in [-0.2, -0.15) is 0 Å². The molecule has 5 heteroatoms. The van der Waals surface area contributed by atoms with Crippen LogP contribution in [0.25, 0.3) is 10.9 Å². The molecule has 2 aromatic heterocycles. The maximum Gasteiger partial charge on any atom is 0.0953 e. The Morgan fingerprint density at radius 3 is 2.90 bits per heavy atom. The molecular formula is C15H14ClN3S. The smallest absolute Gasteiger partial charge is 0.0953 e. The standard InChI is InChI=1S/C15H14ClN3S/c16-14-6-3-10(20-14)7-9-18-13-5-4-12(17)11-2-1-8-19-15(11)13/h1-6,8,18H,7,9,17H2. The van der Waals surface area contributed by atoms with Crippen LogP contribution in [0.15, 0.2) is 42.6 Å². The summed E-state index contributed by atoms with van der Waals surface area (Å²) in [4.78, 5) is 5.68. The molecule has 102 valence electrons. The lowest BCUT2D eigenvalue weighted by Crippen LogP contribution is -2.05. The van der Waals surface area contributed by atoms with Crippen LogP contribution < -0.4 is 11.1 Å². The first-order valence-corrected chi connectivity index (χ1v) is 7.55. The molecule has 0 aliphatic heterocycles. The van der Waals surface area contributed by atoms with Crippen LogP contribution in [-0.2, 0) is 6.42 Å². The van der Waals surface area contributed by atoms with Gasteiger partial charge in [0.05, 0.1) is 15.5 Å². The lowest BCUT2D eigenvalue weighted by Gasteiger charge is -2.10. The molecule has 3 aromatic rings. The highest BCUT2D eigenvalue weighted by Gasteiger charge is 2.05. The minimum Gasteiger partial charge on any atom is -0.398 e. The van der Waals surface area contributed by atoms with Crippen molar-refractivity contribution in [3.05, 3.63) is 51.8 Å². The highest BCUT2D eigenvalue weighted by Crippen LogP contribution is 2.26. The predicted molar refractivity (Wildman–Crippen MR) is 87.7 cm³/mol. The van der Waals surface area contributed by atoms with Crippen LogP contribution in [0, 0.1) is 0 Å². The average molecular weight is 304 g/mol. The van der Waals surface area contributed by atoms with Crippen molar-refractivity contribution < 1.29 is 0 Å². The Morgan fingerprint density at radius 2 is 2.10 bits per heavy atom. The van der Waals surface area contributed by atoms with E-state index in [4.69, 9.17) is 17.3 Å². The monoisotopic (exact) mass is 303 g/mol. The first-order chi connectivity index (χ1) is 9.74. The number of pyridine rings is 1. The molecule has 2 heterocycles. The maximum atomic E-state index is 5.97. The number of hydrogen-bond acceptors (Lipinski definition) is 4. The summed E-state index contributed by atoms with van der Waals surface area (Å²) in [6.07, 6.45) is 2.72. The van der Waals surface area contributed by atoms with Crippen molar-refractivity contribution in [3.8, 4) is 0 Å². The molecule has 0 unspecified atom stereocenters. The van der Waals surface area contributed by atoms with Gasteiger partial charge < -0.3 is 11.1 Å². The van der Waals surface area contributed by atoms with E-state index in [0.29, 0.717) is 0 Å². The second-order valence-electron chi connectivity index (χ2n) is 4.48. The van der Waals surface area contributed by atoms with Crippen LogP contribution in [0.3, 0.4) is 0 Å². The molecule has 0 atom stereocenters. The highest BCUT2D eigenvalue weighted by molar-refractivity contribution is 7.16. The fourth-order valence-electron chi connectivity index (χ4n) is 2.14. The number of benzene rings is 1. The van der Waals surface area contributed by atoms with E-state index in [9.17, 15) is 0 Å². The number of aromatic nitrogens is 1. The number of nitrogen functional groups attached to an aromatic ring is 1. The van der Waals surface area contributed by atoms with E-state index in [2.05, 4.69) is 16.4 Å². The van der Waals surface area contributed by atoms with Gasteiger partial charge in [-0.05, 0) is 42.8 Å². The van der Waals surface area contributed by atoms with Gasteiger partial charge in [0.1, 0.15) is 0 Å². The molecule has 20 heavy (non-hydrogen) atoms.